The van der Waals surface area contributed by atoms with Crippen molar-refractivity contribution >= 4 is 17.2 Å². The highest BCUT2D eigenvalue weighted by Crippen LogP contribution is 2.29. The van der Waals surface area contributed by atoms with Crippen LogP contribution in [0.2, 0.25) is 0 Å². The molecule has 1 aromatic rings. The van der Waals surface area contributed by atoms with E-state index in [0.29, 0.717) is 0 Å². The van der Waals surface area contributed by atoms with Crippen LogP contribution < -0.4 is 5.73 Å². The zero-order valence-electron chi connectivity index (χ0n) is 10.6. The van der Waals surface area contributed by atoms with Crippen LogP contribution in [0.15, 0.2) is 0 Å². The number of nitrogens with one attached hydrogen (secondary N) is 1. The van der Waals surface area contributed by atoms with Crippen LogP contribution in [-0.2, 0) is 12.0 Å². The number of hydrogen-bond donors (Lipinski definition) is 2. The second-order valence-corrected chi connectivity index (χ2v) is 6.27. The first-order chi connectivity index (χ1) is 7.21. The molecule has 0 aromatic carbocycles. The number of nitrogens with zero attached hydrogens (tertiary/aromatic N) is 2. The molecule has 3 N–H and O–H groups in total. The summed E-state index contributed by atoms with van der Waals surface area (Å²) in [4.78, 5) is 7.47. The van der Waals surface area contributed by atoms with Crippen molar-refractivity contribution in [3.63, 3.8) is 0 Å². The molecule has 0 fully saturated rings. The summed E-state index contributed by atoms with van der Waals surface area (Å²) in [5.74, 6) is 0.118. The van der Waals surface area contributed by atoms with Crippen LogP contribution in [0.4, 0.5) is 0 Å². The molecule has 90 valence electrons. The first-order valence-electron chi connectivity index (χ1n) is 5.21. The summed E-state index contributed by atoms with van der Waals surface area (Å²) in [7, 11) is 4.01. The van der Waals surface area contributed by atoms with Crippen LogP contribution in [0.5, 0.6) is 0 Å². The van der Waals surface area contributed by atoms with Gasteiger partial charge in [-0.05, 0) is 14.1 Å². The predicted molar refractivity (Wildman–Crippen MR) is 69.2 cm³/mol. The molecule has 0 spiro atoms. The van der Waals surface area contributed by atoms with E-state index in [9.17, 15) is 0 Å². The summed E-state index contributed by atoms with van der Waals surface area (Å²) in [5.41, 5.74) is 6.46. The van der Waals surface area contributed by atoms with Crippen LogP contribution >= 0.6 is 11.3 Å². The molecule has 0 saturated carbocycles. The lowest BCUT2D eigenvalue weighted by Crippen LogP contribution is -2.20. The molecule has 5 heteroatoms. The van der Waals surface area contributed by atoms with Gasteiger partial charge in [0.2, 0.25) is 0 Å². The smallest absolute Gasteiger partial charge is 0.135 e. The molecule has 0 bridgehead atoms. The van der Waals surface area contributed by atoms with Crippen LogP contribution in [0.3, 0.4) is 0 Å². The van der Waals surface area contributed by atoms with Crippen molar-refractivity contribution in [2.75, 3.05) is 14.1 Å². The Balaban J connectivity index is 3.16. The Bertz CT molecular complexity index is 387. The van der Waals surface area contributed by atoms with Crippen molar-refractivity contribution in [3.05, 3.63) is 15.6 Å². The largest absolute Gasteiger partial charge is 0.383 e. The highest BCUT2D eigenvalue weighted by molar-refractivity contribution is 7.13. The molecule has 0 saturated heterocycles. The van der Waals surface area contributed by atoms with Gasteiger partial charge in [0.15, 0.2) is 0 Å². The van der Waals surface area contributed by atoms with Crippen molar-refractivity contribution < 1.29 is 0 Å². The summed E-state index contributed by atoms with van der Waals surface area (Å²) in [6, 6.07) is 0. The van der Waals surface area contributed by atoms with E-state index in [1.165, 1.54) is 11.3 Å². The molecule has 1 heterocycles. The van der Waals surface area contributed by atoms with E-state index < -0.39 is 0 Å². The van der Waals surface area contributed by atoms with Gasteiger partial charge in [-0.15, -0.1) is 11.3 Å². The minimum absolute atomic E-state index is 0.0674. The summed E-state index contributed by atoms with van der Waals surface area (Å²) in [5, 5.41) is 8.60. The predicted octanol–water partition coefficient (Wildman–Crippen LogP) is 1.79. The second-order valence-electron chi connectivity index (χ2n) is 5.19. The second kappa shape index (κ2) is 4.51. The molecule has 0 radical (unpaired) electrons. The number of amidine groups is 1. The van der Waals surface area contributed by atoms with Crippen molar-refractivity contribution in [2.24, 2.45) is 5.73 Å². The zero-order valence-corrected chi connectivity index (χ0v) is 11.4. The van der Waals surface area contributed by atoms with Crippen LogP contribution in [0, 0.1) is 5.41 Å². The van der Waals surface area contributed by atoms with E-state index in [1.807, 2.05) is 14.1 Å². The molecular formula is C11H20N4S. The SMILES string of the molecule is CN(C)Cc1nc(C(C)(C)C)c(C(=N)N)s1. The first-order valence-corrected chi connectivity index (χ1v) is 6.02. The van der Waals surface area contributed by atoms with Gasteiger partial charge in [0.25, 0.3) is 0 Å². The number of rotatable bonds is 3. The fourth-order valence-corrected chi connectivity index (χ4v) is 2.65. The van der Waals surface area contributed by atoms with Gasteiger partial charge < -0.3 is 10.6 Å². The Kier molecular flexibility index (Phi) is 3.70. The van der Waals surface area contributed by atoms with Gasteiger partial charge in [-0.25, -0.2) is 4.98 Å². The van der Waals surface area contributed by atoms with Gasteiger partial charge in [0, 0.05) is 12.0 Å². The molecule has 0 amide bonds. The third-order valence-electron chi connectivity index (χ3n) is 2.08. The fraction of sp³-hybridized carbons (Fsp3) is 0.636. The van der Waals surface area contributed by atoms with Crippen LogP contribution in [-0.4, -0.2) is 29.8 Å². The monoisotopic (exact) mass is 240 g/mol. The van der Waals surface area contributed by atoms with E-state index >= 15 is 0 Å². The van der Waals surface area contributed by atoms with Gasteiger partial charge in [-0.2, -0.15) is 0 Å². The molecule has 4 nitrogen and oxygen atoms in total. The third-order valence-corrected chi connectivity index (χ3v) is 3.15. The van der Waals surface area contributed by atoms with E-state index in [2.05, 4.69) is 30.7 Å². The Labute approximate surface area is 101 Å². The Morgan fingerprint density at radius 3 is 2.31 bits per heavy atom. The summed E-state index contributed by atoms with van der Waals surface area (Å²) >= 11 is 1.52. The lowest BCUT2D eigenvalue weighted by molar-refractivity contribution is 0.400. The maximum atomic E-state index is 7.59. The number of nitrogen functional groups attached to an aromatic ring is 1. The minimum Gasteiger partial charge on any atom is -0.383 e. The summed E-state index contributed by atoms with van der Waals surface area (Å²) in [6.45, 7) is 7.07. The molecule has 0 aliphatic rings. The fourth-order valence-electron chi connectivity index (χ4n) is 1.39. The number of hydrogen-bond acceptors (Lipinski definition) is 4. The van der Waals surface area contributed by atoms with Gasteiger partial charge >= 0.3 is 0 Å². The van der Waals surface area contributed by atoms with Crippen molar-refractivity contribution in [1.82, 2.24) is 9.88 Å². The molecular weight excluding hydrogens is 220 g/mol. The Morgan fingerprint density at radius 2 is 2.00 bits per heavy atom. The van der Waals surface area contributed by atoms with Crippen LogP contribution in [0.25, 0.3) is 0 Å². The summed E-state index contributed by atoms with van der Waals surface area (Å²) in [6.07, 6.45) is 0. The summed E-state index contributed by atoms with van der Waals surface area (Å²) < 4.78 is 0. The lowest BCUT2D eigenvalue weighted by atomic mass is 9.91. The number of aromatic nitrogens is 1. The van der Waals surface area contributed by atoms with E-state index in [0.717, 1.165) is 22.1 Å². The average molecular weight is 240 g/mol. The standard InChI is InChI=1S/C11H20N4S/c1-11(2,3)9-8(10(12)13)16-7(14-9)6-15(4)5/h6H2,1-5H3,(H3,12,13). The van der Waals surface area contributed by atoms with Gasteiger partial charge in [-0.1, -0.05) is 20.8 Å². The molecule has 1 rings (SSSR count). The molecule has 0 aliphatic heterocycles. The number of nitrogens with two attached hydrogens (primary N) is 1. The highest BCUT2D eigenvalue weighted by Gasteiger charge is 2.24. The zero-order chi connectivity index (χ0) is 12.5. The first kappa shape index (κ1) is 13.1. The van der Waals surface area contributed by atoms with Crippen molar-refractivity contribution in [3.8, 4) is 0 Å². The number of thiazole rings is 1. The van der Waals surface area contributed by atoms with Gasteiger partial charge in [0.05, 0.1) is 10.6 Å². The van der Waals surface area contributed by atoms with E-state index in [-0.39, 0.29) is 11.3 Å². The minimum atomic E-state index is -0.0674. The average Bonchev–Trinajstić information content (AvgIpc) is 2.45. The highest BCUT2D eigenvalue weighted by atomic mass is 32.1. The van der Waals surface area contributed by atoms with Crippen molar-refractivity contribution in [1.29, 1.82) is 5.41 Å². The molecule has 16 heavy (non-hydrogen) atoms. The lowest BCUT2D eigenvalue weighted by Gasteiger charge is -2.17. The van der Waals surface area contributed by atoms with Crippen molar-refractivity contribution in [2.45, 2.75) is 32.7 Å². The van der Waals surface area contributed by atoms with E-state index in [4.69, 9.17) is 11.1 Å². The van der Waals surface area contributed by atoms with E-state index in [1.54, 1.807) is 0 Å². The normalized spacial score (nSPS) is 12.1. The third kappa shape index (κ3) is 3.02. The Hall–Kier alpha value is -0.940. The molecule has 0 unspecified atom stereocenters. The maximum absolute atomic E-state index is 7.59. The quantitative estimate of drug-likeness (QED) is 0.625. The van der Waals surface area contributed by atoms with Gasteiger partial charge in [0.1, 0.15) is 10.8 Å². The maximum Gasteiger partial charge on any atom is 0.135 e. The Morgan fingerprint density at radius 1 is 1.44 bits per heavy atom. The van der Waals surface area contributed by atoms with Crippen LogP contribution in [0.1, 0.15) is 36.3 Å². The topological polar surface area (TPSA) is 66.0 Å². The molecule has 1 aromatic heterocycles. The molecule has 0 atom stereocenters. The molecule has 0 aliphatic carbocycles. The van der Waals surface area contributed by atoms with Gasteiger partial charge in [-0.3, -0.25) is 5.41 Å².